The summed E-state index contributed by atoms with van der Waals surface area (Å²) in [4.78, 5) is 0.267. The first-order chi connectivity index (χ1) is 8.49. The molecule has 0 radical (unpaired) electrons. The predicted molar refractivity (Wildman–Crippen MR) is 75.0 cm³/mol. The number of hydrogen-bond donors (Lipinski definition) is 1. The zero-order valence-corrected chi connectivity index (χ0v) is 12.9. The van der Waals surface area contributed by atoms with Crippen molar-refractivity contribution < 1.29 is 13.2 Å². The van der Waals surface area contributed by atoms with Gasteiger partial charge in [0.25, 0.3) is 0 Å². The lowest BCUT2D eigenvalue weighted by atomic mass is 10.2. The summed E-state index contributed by atoms with van der Waals surface area (Å²) in [5, 5.41) is 0. The summed E-state index contributed by atoms with van der Waals surface area (Å²) in [5.74, 6) is 0. The first-order valence-electron chi connectivity index (χ1n) is 5.76. The minimum Gasteiger partial charge on any atom is -0.383 e. The minimum absolute atomic E-state index is 0.186. The Morgan fingerprint density at radius 2 is 1.94 bits per heavy atom. The van der Waals surface area contributed by atoms with Crippen LogP contribution < -0.4 is 4.72 Å². The molecule has 1 atom stereocenters. The van der Waals surface area contributed by atoms with Gasteiger partial charge in [0.2, 0.25) is 10.0 Å². The van der Waals surface area contributed by atoms with E-state index in [1.807, 2.05) is 6.92 Å². The standard InChI is InChI=1S/C12H18BrNO3S/c1-3-4-11(9-17-2)14-18(15,16)12-7-5-10(13)6-8-12/h5-8,11,14H,3-4,9H2,1-2H3. The van der Waals surface area contributed by atoms with Crippen LogP contribution in [0.1, 0.15) is 19.8 Å². The zero-order valence-electron chi connectivity index (χ0n) is 10.5. The van der Waals surface area contributed by atoms with Crippen LogP contribution in [-0.2, 0) is 14.8 Å². The zero-order chi connectivity index (χ0) is 13.6. The molecule has 0 aliphatic carbocycles. The SMILES string of the molecule is CCCC(COC)NS(=O)(=O)c1ccc(Br)cc1. The summed E-state index contributed by atoms with van der Waals surface area (Å²) in [6.45, 7) is 2.39. The second-order valence-corrected chi connectivity index (χ2v) is 6.65. The highest BCUT2D eigenvalue weighted by Crippen LogP contribution is 2.15. The topological polar surface area (TPSA) is 55.4 Å². The second kappa shape index (κ2) is 7.23. The smallest absolute Gasteiger partial charge is 0.240 e. The average Bonchev–Trinajstić information content (AvgIpc) is 2.29. The molecule has 1 rings (SSSR count). The van der Waals surface area contributed by atoms with Crippen molar-refractivity contribution in [2.24, 2.45) is 0 Å². The van der Waals surface area contributed by atoms with E-state index >= 15 is 0 Å². The first-order valence-corrected chi connectivity index (χ1v) is 8.04. The summed E-state index contributed by atoms with van der Waals surface area (Å²) >= 11 is 3.28. The third-order valence-electron chi connectivity index (χ3n) is 2.45. The van der Waals surface area contributed by atoms with Crippen LogP contribution in [0, 0.1) is 0 Å². The van der Waals surface area contributed by atoms with Gasteiger partial charge in [0.1, 0.15) is 0 Å². The summed E-state index contributed by atoms with van der Waals surface area (Å²) in [5.41, 5.74) is 0. The van der Waals surface area contributed by atoms with E-state index in [1.165, 1.54) is 0 Å². The molecule has 1 N–H and O–H groups in total. The molecular weight excluding hydrogens is 318 g/mol. The Hall–Kier alpha value is -0.430. The molecule has 0 saturated heterocycles. The van der Waals surface area contributed by atoms with E-state index in [-0.39, 0.29) is 10.9 Å². The molecule has 0 saturated carbocycles. The molecule has 6 heteroatoms. The third kappa shape index (κ3) is 4.68. The number of nitrogens with one attached hydrogen (secondary N) is 1. The number of rotatable bonds is 7. The second-order valence-electron chi connectivity index (χ2n) is 4.02. The molecule has 0 aromatic heterocycles. The van der Waals surface area contributed by atoms with E-state index in [2.05, 4.69) is 20.7 Å². The molecule has 0 amide bonds. The lowest BCUT2D eigenvalue weighted by Gasteiger charge is -2.17. The van der Waals surface area contributed by atoms with Crippen LogP contribution in [-0.4, -0.2) is 28.2 Å². The Kier molecular flexibility index (Phi) is 6.28. The molecule has 18 heavy (non-hydrogen) atoms. The summed E-state index contributed by atoms with van der Waals surface area (Å²) < 4.78 is 32.8. The van der Waals surface area contributed by atoms with Crippen molar-refractivity contribution in [3.05, 3.63) is 28.7 Å². The molecule has 1 aromatic carbocycles. The molecule has 0 spiro atoms. The number of methoxy groups -OCH3 is 1. The Morgan fingerprint density at radius 3 is 2.44 bits per heavy atom. The monoisotopic (exact) mass is 335 g/mol. The van der Waals surface area contributed by atoms with Gasteiger partial charge in [0.15, 0.2) is 0 Å². The molecule has 102 valence electrons. The van der Waals surface area contributed by atoms with Gasteiger partial charge in [-0.3, -0.25) is 0 Å². The molecule has 0 heterocycles. The van der Waals surface area contributed by atoms with E-state index in [4.69, 9.17) is 4.74 Å². The Balaban J connectivity index is 2.82. The molecule has 0 fully saturated rings. The largest absolute Gasteiger partial charge is 0.383 e. The highest BCUT2D eigenvalue weighted by atomic mass is 79.9. The van der Waals surface area contributed by atoms with Gasteiger partial charge >= 0.3 is 0 Å². The van der Waals surface area contributed by atoms with Gasteiger partial charge in [-0.2, -0.15) is 0 Å². The molecule has 0 bridgehead atoms. The number of sulfonamides is 1. The van der Waals surface area contributed by atoms with Crippen LogP contribution in [0.4, 0.5) is 0 Å². The van der Waals surface area contributed by atoms with E-state index < -0.39 is 10.0 Å². The number of hydrogen-bond acceptors (Lipinski definition) is 3. The predicted octanol–water partition coefficient (Wildman–Crippen LogP) is 2.54. The van der Waals surface area contributed by atoms with E-state index in [9.17, 15) is 8.42 Å². The fourth-order valence-electron chi connectivity index (χ4n) is 1.63. The molecule has 0 aliphatic heterocycles. The van der Waals surface area contributed by atoms with Crippen molar-refractivity contribution in [2.45, 2.75) is 30.7 Å². The van der Waals surface area contributed by atoms with Crippen LogP contribution >= 0.6 is 15.9 Å². The van der Waals surface area contributed by atoms with Crippen molar-refractivity contribution in [1.29, 1.82) is 0 Å². The van der Waals surface area contributed by atoms with Gasteiger partial charge in [-0.15, -0.1) is 0 Å². The Labute approximate surface area is 117 Å². The fourth-order valence-corrected chi connectivity index (χ4v) is 3.15. The van der Waals surface area contributed by atoms with Crippen LogP contribution in [0.15, 0.2) is 33.6 Å². The molecule has 0 aliphatic rings. The van der Waals surface area contributed by atoms with Gasteiger partial charge < -0.3 is 4.74 Å². The van der Waals surface area contributed by atoms with Crippen LogP contribution in [0.2, 0.25) is 0 Å². The maximum atomic E-state index is 12.1. The normalized spacial score (nSPS) is 13.5. The Morgan fingerprint density at radius 1 is 1.33 bits per heavy atom. The highest BCUT2D eigenvalue weighted by Gasteiger charge is 2.19. The summed E-state index contributed by atoms with van der Waals surface area (Å²) in [6, 6.07) is 6.37. The van der Waals surface area contributed by atoms with Crippen molar-refractivity contribution in [2.75, 3.05) is 13.7 Å². The molecule has 1 aromatic rings. The maximum absolute atomic E-state index is 12.1. The van der Waals surface area contributed by atoms with E-state index in [1.54, 1.807) is 31.4 Å². The first kappa shape index (κ1) is 15.6. The Bertz CT molecular complexity index is 453. The summed E-state index contributed by atoms with van der Waals surface area (Å²) in [6.07, 6.45) is 1.65. The average molecular weight is 336 g/mol. The van der Waals surface area contributed by atoms with Gasteiger partial charge in [0, 0.05) is 17.6 Å². The lowest BCUT2D eigenvalue weighted by Crippen LogP contribution is -2.37. The van der Waals surface area contributed by atoms with E-state index in [0.717, 1.165) is 17.3 Å². The van der Waals surface area contributed by atoms with Crippen LogP contribution in [0.25, 0.3) is 0 Å². The van der Waals surface area contributed by atoms with Crippen LogP contribution in [0.5, 0.6) is 0 Å². The van der Waals surface area contributed by atoms with Crippen LogP contribution in [0.3, 0.4) is 0 Å². The third-order valence-corrected chi connectivity index (χ3v) is 4.52. The highest BCUT2D eigenvalue weighted by molar-refractivity contribution is 9.10. The van der Waals surface area contributed by atoms with Gasteiger partial charge in [0.05, 0.1) is 11.5 Å². The fraction of sp³-hybridized carbons (Fsp3) is 0.500. The van der Waals surface area contributed by atoms with Gasteiger partial charge in [-0.25, -0.2) is 13.1 Å². The number of ether oxygens (including phenoxy) is 1. The molecule has 4 nitrogen and oxygen atoms in total. The number of halogens is 1. The van der Waals surface area contributed by atoms with Gasteiger partial charge in [-0.1, -0.05) is 29.3 Å². The lowest BCUT2D eigenvalue weighted by molar-refractivity contribution is 0.171. The van der Waals surface area contributed by atoms with Crippen molar-refractivity contribution >= 4 is 26.0 Å². The van der Waals surface area contributed by atoms with Crippen molar-refractivity contribution in [3.63, 3.8) is 0 Å². The van der Waals surface area contributed by atoms with Crippen molar-refractivity contribution in [3.8, 4) is 0 Å². The molecule has 1 unspecified atom stereocenters. The van der Waals surface area contributed by atoms with E-state index in [0.29, 0.717) is 6.61 Å². The number of benzene rings is 1. The molecular formula is C12H18BrNO3S. The minimum atomic E-state index is -3.47. The quantitative estimate of drug-likeness (QED) is 0.833. The summed E-state index contributed by atoms with van der Waals surface area (Å²) in [7, 11) is -1.91. The van der Waals surface area contributed by atoms with Crippen molar-refractivity contribution in [1.82, 2.24) is 4.72 Å². The maximum Gasteiger partial charge on any atom is 0.240 e. The van der Waals surface area contributed by atoms with Gasteiger partial charge in [-0.05, 0) is 30.7 Å².